The Hall–Kier alpha value is -3.20. The molecule has 0 unspecified atom stereocenters. The fourth-order valence-corrected chi connectivity index (χ4v) is 5.55. The molecule has 0 N–H and O–H groups in total. The monoisotopic (exact) mass is 409 g/mol. The first-order valence-electron chi connectivity index (χ1n) is 11.1. The highest BCUT2D eigenvalue weighted by molar-refractivity contribution is 6.26. The van der Waals surface area contributed by atoms with E-state index >= 15 is 4.39 Å². The van der Waals surface area contributed by atoms with E-state index in [2.05, 4.69) is 80.2 Å². The fraction of sp³-hybridized carbons (Fsp3) is 0.250. The topological polar surface area (TPSA) is 8.29 Å². The van der Waals surface area contributed by atoms with E-state index in [1.807, 2.05) is 6.07 Å². The van der Waals surface area contributed by atoms with Gasteiger partial charge in [-0.2, -0.15) is 0 Å². The molecule has 3 aromatic heterocycles. The summed E-state index contributed by atoms with van der Waals surface area (Å²) >= 11 is 0. The number of hydrogen-bond donors (Lipinski definition) is 0. The Labute approximate surface area is 180 Å². The molecule has 0 aliphatic rings. The van der Waals surface area contributed by atoms with Gasteiger partial charge in [-0.1, -0.05) is 32.0 Å². The lowest BCUT2D eigenvalue weighted by Crippen LogP contribution is -2.29. The number of nitrogens with zero attached hydrogens (tertiary/aromatic N) is 2. The highest BCUT2D eigenvalue weighted by Crippen LogP contribution is 2.42. The van der Waals surface area contributed by atoms with Crippen LogP contribution in [0.4, 0.5) is 4.39 Å². The van der Waals surface area contributed by atoms with E-state index in [1.54, 1.807) is 6.07 Å². The minimum absolute atomic E-state index is 0.166. The molecular weight excluding hydrogens is 383 g/mol. The first-order valence-corrected chi connectivity index (χ1v) is 11.1. The standard InChI is InChI=1S/C28H26FN2/c1-15(2)11-18-13-19-9-10-30(5)28-24-17(4)16(3)12-21-20-7-6-8-22(29)26(20)31(27(21)24)23(14-18)25(19)28/h6-10,12-15H,11H2,1-5H3/q+1. The Bertz CT molecular complexity index is 1670. The van der Waals surface area contributed by atoms with Crippen molar-refractivity contribution in [3.05, 3.63) is 71.2 Å². The van der Waals surface area contributed by atoms with Crippen LogP contribution in [-0.2, 0) is 13.5 Å². The van der Waals surface area contributed by atoms with Gasteiger partial charge in [0.25, 0.3) is 0 Å². The molecule has 0 aliphatic heterocycles. The number of benzene rings is 3. The number of halogens is 1. The summed E-state index contributed by atoms with van der Waals surface area (Å²) in [5.41, 5.74) is 7.94. The van der Waals surface area contributed by atoms with Crippen molar-refractivity contribution < 1.29 is 8.96 Å². The van der Waals surface area contributed by atoms with Gasteiger partial charge in [-0.15, -0.1) is 0 Å². The summed E-state index contributed by atoms with van der Waals surface area (Å²) in [7, 11) is 2.12. The van der Waals surface area contributed by atoms with Crippen LogP contribution < -0.4 is 4.57 Å². The molecule has 154 valence electrons. The van der Waals surface area contributed by atoms with Gasteiger partial charge >= 0.3 is 0 Å². The summed E-state index contributed by atoms with van der Waals surface area (Å²) in [6.45, 7) is 8.85. The molecule has 6 aromatic rings. The van der Waals surface area contributed by atoms with Crippen LogP contribution in [0, 0.1) is 25.6 Å². The lowest BCUT2D eigenvalue weighted by atomic mass is 9.94. The summed E-state index contributed by atoms with van der Waals surface area (Å²) in [5.74, 6) is 0.393. The molecule has 0 bridgehead atoms. The minimum atomic E-state index is -0.166. The van der Waals surface area contributed by atoms with E-state index in [0.717, 1.165) is 28.2 Å². The Morgan fingerprint density at radius 1 is 0.968 bits per heavy atom. The van der Waals surface area contributed by atoms with Crippen molar-refractivity contribution in [3.8, 4) is 0 Å². The molecule has 6 rings (SSSR count). The number of aryl methyl sites for hydroxylation is 3. The first-order chi connectivity index (χ1) is 14.9. The zero-order valence-corrected chi connectivity index (χ0v) is 18.7. The molecule has 3 heteroatoms. The SMILES string of the molecule is Cc1cc2c3cccc(F)c3n3c4cc(CC(C)C)cc5cc[n+](C)c(c(c1C)c23)c54. The summed E-state index contributed by atoms with van der Waals surface area (Å²) < 4.78 is 19.8. The smallest absolute Gasteiger partial charge is 0.224 e. The predicted molar refractivity (Wildman–Crippen MR) is 128 cm³/mol. The lowest BCUT2D eigenvalue weighted by Gasteiger charge is -2.16. The molecule has 3 heterocycles. The molecule has 0 fully saturated rings. The molecule has 0 spiro atoms. The quantitative estimate of drug-likeness (QED) is 0.169. The highest BCUT2D eigenvalue weighted by atomic mass is 19.1. The van der Waals surface area contributed by atoms with Crippen molar-refractivity contribution in [2.75, 3.05) is 0 Å². The molecule has 0 amide bonds. The summed E-state index contributed by atoms with van der Waals surface area (Å²) in [6.07, 6.45) is 3.16. The predicted octanol–water partition coefficient (Wildman–Crippen LogP) is 6.77. The van der Waals surface area contributed by atoms with Crippen LogP contribution in [0.25, 0.3) is 49.0 Å². The van der Waals surface area contributed by atoms with Crippen LogP contribution in [0.1, 0.15) is 30.5 Å². The van der Waals surface area contributed by atoms with Gasteiger partial charge < -0.3 is 4.40 Å². The zero-order valence-electron chi connectivity index (χ0n) is 18.7. The van der Waals surface area contributed by atoms with Crippen LogP contribution in [0.5, 0.6) is 0 Å². The van der Waals surface area contributed by atoms with Crippen molar-refractivity contribution in [1.29, 1.82) is 0 Å². The van der Waals surface area contributed by atoms with Gasteiger partial charge in [0.1, 0.15) is 12.9 Å². The van der Waals surface area contributed by atoms with Crippen molar-refractivity contribution in [1.82, 2.24) is 4.40 Å². The summed E-state index contributed by atoms with van der Waals surface area (Å²) in [6, 6.07) is 14.5. The third-order valence-corrected chi connectivity index (χ3v) is 6.94. The van der Waals surface area contributed by atoms with Gasteiger partial charge in [0.15, 0.2) is 6.20 Å². The number of aromatic nitrogens is 2. The average Bonchev–Trinajstić information content (AvgIpc) is 3.05. The van der Waals surface area contributed by atoms with Crippen molar-refractivity contribution in [3.63, 3.8) is 0 Å². The van der Waals surface area contributed by atoms with Crippen LogP contribution in [-0.4, -0.2) is 4.40 Å². The Balaban J connectivity index is 2.04. The first kappa shape index (κ1) is 18.6. The molecule has 0 saturated carbocycles. The second kappa shape index (κ2) is 6.16. The van der Waals surface area contributed by atoms with Gasteiger partial charge in [0.05, 0.1) is 27.3 Å². The van der Waals surface area contributed by atoms with Crippen molar-refractivity contribution in [2.45, 2.75) is 34.1 Å². The molecule has 0 saturated heterocycles. The molecule has 0 radical (unpaired) electrons. The van der Waals surface area contributed by atoms with E-state index in [4.69, 9.17) is 0 Å². The summed E-state index contributed by atoms with van der Waals surface area (Å²) in [4.78, 5) is 0. The molecule has 3 aromatic carbocycles. The van der Waals surface area contributed by atoms with E-state index in [1.165, 1.54) is 38.4 Å². The summed E-state index contributed by atoms with van der Waals surface area (Å²) in [5, 5.41) is 5.77. The number of para-hydroxylation sites is 1. The normalized spacial score (nSPS) is 12.6. The van der Waals surface area contributed by atoms with Gasteiger partial charge in [0.2, 0.25) is 5.52 Å². The maximum atomic E-state index is 15.4. The van der Waals surface area contributed by atoms with E-state index in [-0.39, 0.29) is 5.82 Å². The second-order valence-electron chi connectivity index (χ2n) is 9.51. The third kappa shape index (κ3) is 2.35. The highest BCUT2D eigenvalue weighted by Gasteiger charge is 2.26. The van der Waals surface area contributed by atoms with Gasteiger partial charge in [0, 0.05) is 16.8 Å². The number of pyridine rings is 2. The maximum Gasteiger partial charge on any atom is 0.224 e. The molecule has 31 heavy (non-hydrogen) atoms. The number of rotatable bonds is 2. The van der Waals surface area contributed by atoms with Gasteiger partial charge in [-0.3, -0.25) is 0 Å². The Morgan fingerprint density at radius 3 is 2.55 bits per heavy atom. The lowest BCUT2D eigenvalue weighted by molar-refractivity contribution is -0.643. The largest absolute Gasteiger partial charge is 0.305 e. The van der Waals surface area contributed by atoms with E-state index < -0.39 is 0 Å². The average molecular weight is 410 g/mol. The number of fused-ring (bicyclic) bond motifs is 5. The molecule has 2 nitrogen and oxygen atoms in total. The van der Waals surface area contributed by atoms with Crippen LogP contribution in [0.2, 0.25) is 0 Å². The fourth-order valence-electron chi connectivity index (χ4n) is 5.55. The van der Waals surface area contributed by atoms with Crippen LogP contribution in [0.15, 0.2) is 48.7 Å². The Kier molecular flexibility index (Phi) is 3.69. The number of hydrogen-bond acceptors (Lipinski definition) is 0. The second-order valence-corrected chi connectivity index (χ2v) is 9.51. The maximum absolute atomic E-state index is 15.4. The molecular formula is C28H26FN2+. The van der Waals surface area contributed by atoms with Crippen molar-refractivity contribution >= 4 is 49.0 Å². The van der Waals surface area contributed by atoms with E-state index in [9.17, 15) is 0 Å². The van der Waals surface area contributed by atoms with Crippen molar-refractivity contribution in [2.24, 2.45) is 13.0 Å². The van der Waals surface area contributed by atoms with Gasteiger partial charge in [-0.05, 0) is 66.5 Å². The molecule has 0 aliphatic carbocycles. The van der Waals surface area contributed by atoms with Gasteiger partial charge in [-0.25, -0.2) is 8.96 Å². The molecule has 0 atom stereocenters. The zero-order chi connectivity index (χ0) is 21.6. The van der Waals surface area contributed by atoms with Crippen LogP contribution >= 0.6 is 0 Å². The van der Waals surface area contributed by atoms with E-state index in [0.29, 0.717) is 11.4 Å². The third-order valence-electron chi connectivity index (χ3n) is 6.94. The van der Waals surface area contributed by atoms with Crippen LogP contribution in [0.3, 0.4) is 0 Å². The Morgan fingerprint density at radius 2 is 1.77 bits per heavy atom. The minimum Gasteiger partial charge on any atom is -0.305 e.